The summed E-state index contributed by atoms with van der Waals surface area (Å²) < 4.78 is 18.6. The van der Waals surface area contributed by atoms with Crippen molar-refractivity contribution < 1.29 is 13.9 Å². The van der Waals surface area contributed by atoms with E-state index in [0.29, 0.717) is 50.1 Å². The average molecular weight is 356 g/mol. The Bertz CT molecular complexity index is 723. The first-order valence-corrected chi connectivity index (χ1v) is 9.08. The summed E-state index contributed by atoms with van der Waals surface area (Å²) in [7, 11) is 0. The fraction of sp³-hybridized carbons (Fsp3) is 0.381. The van der Waals surface area contributed by atoms with Gasteiger partial charge in [0.1, 0.15) is 11.6 Å². The number of rotatable bonds is 7. The molecule has 1 fully saturated rings. The van der Waals surface area contributed by atoms with Gasteiger partial charge in [-0.05, 0) is 36.6 Å². The van der Waals surface area contributed by atoms with E-state index in [9.17, 15) is 9.18 Å². The summed E-state index contributed by atoms with van der Waals surface area (Å²) in [4.78, 5) is 14.4. The second-order valence-corrected chi connectivity index (χ2v) is 6.72. The van der Waals surface area contributed by atoms with E-state index in [4.69, 9.17) is 10.5 Å². The third-order valence-corrected chi connectivity index (χ3v) is 4.92. The third kappa shape index (κ3) is 4.61. The highest BCUT2D eigenvalue weighted by molar-refractivity contribution is 5.76. The predicted octanol–water partition coefficient (Wildman–Crippen LogP) is 3.19. The lowest BCUT2D eigenvalue weighted by atomic mass is 9.89. The Morgan fingerprint density at radius 3 is 2.69 bits per heavy atom. The van der Waals surface area contributed by atoms with E-state index < -0.39 is 0 Å². The maximum absolute atomic E-state index is 13.1. The minimum absolute atomic E-state index is 0.129. The lowest BCUT2D eigenvalue weighted by Gasteiger charge is -2.17. The number of likely N-dealkylation sites (tertiary alicyclic amines) is 1. The van der Waals surface area contributed by atoms with Crippen molar-refractivity contribution in [3.8, 4) is 5.75 Å². The van der Waals surface area contributed by atoms with E-state index in [-0.39, 0.29) is 11.7 Å². The molecule has 2 N–H and O–H groups in total. The zero-order valence-corrected chi connectivity index (χ0v) is 14.8. The molecule has 26 heavy (non-hydrogen) atoms. The molecular weight excluding hydrogens is 331 g/mol. The highest BCUT2D eigenvalue weighted by Crippen LogP contribution is 2.32. The van der Waals surface area contributed by atoms with E-state index in [1.807, 2.05) is 23.1 Å². The highest BCUT2D eigenvalue weighted by Gasteiger charge is 2.34. The molecule has 2 atom stereocenters. The number of ether oxygens (including phenoxy) is 1. The molecule has 0 unspecified atom stereocenters. The van der Waals surface area contributed by atoms with Gasteiger partial charge in [-0.2, -0.15) is 0 Å². The van der Waals surface area contributed by atoms with Gasteiger partial charge < -0.3 is 15.4 Å². The first kappa shape index (κ1) is 18.4. The SMILES string of the molecule is NC[C@@H]1CN(C(=O)CCCOc2cccc(F)c2)C[C@H]1c1ccccc1. The van der Waals surface area contributed by atoms with Gasteiger partial charge >= 0.3 is 0 Å². The molecular formula is C21H25FN2O2. The molecule has 1 saturated heterocycles. The monoisotopic (exact) mass is 356 g/mol. The summed E-state index contributed by atoms with van der Waals surface area (Å²) in [6, 6.07) is 16.3. The van der Waals surface area contributed by atoms with Crippen LogP contribution in [0.25, 0.3) is 0 Å². The summed E-state index contributed by atoms with van der Waals surface area (Å²) in [5.74, 6) is 0.893. The van der Waals surface area contributed by atoms with E-state index in [0.717, 1.165) is 6.54 Å². The fourth-order valence-electron chi connectivity index (χ4n) is 3.52. The van der Waals surface area contributed by atoms with Crippen LogP contribution >= 0.6 is 0 Å². The van der Waals surface area contributed by atoms with Crippen LogP contribution in [0.5, 0.6) is 5.75 Å². The molecule has 3 rings (SSSR count). The summed E-state index contributed by atoms with van der Waals surface area (Å²) in [5.41, 5.74) is 7.18. The lowest BCUT2D eigenvalue weighted by Crippen LogP contribution is -2.29. The van der Waals surface area contributed by atoms with Crippen LogP contribution in [0.1, 0.15) is 24.3 Å². The van der Waals surface area contributed by atoms with Gasteiger partial charge in [0.05, 0.1) is 6.61 Å². The molecule has 0 aliphatic carbocycles. The van der Waals surface area contributed by atoms with E-state index in [1.54, 1.807) is 12.1 Å². The fourth-order valence-corrected chi connectivity index (χ4v) is 3.52. The Morgan fingerprint density at radius 1 is 1.15 bits per heavy atom. The van der Waals surface area contributed by atoms with Crippen molar-refractivity contribution in [2.45, 2.75) is 18.8 Å². The van der Waals surface area contributed by atoms with Gasteiger partial charge in [0.2, 0.25) is 5.91 Å². The van der Waals surface area contributed by atoms with Crippen molar-refractivity contribution in [1.29, 1.82) is 0 Å². The van der Waals surface area contributed by atoms with Gasteiger partial charge in [-0.3, -0.25) is 4.79 Å². The Balaban J connectivity index is 1.47. The van der Waals surface area contributed by atoms with Crippen LogP contribution < -0.4 is 10.5 Å². The molecule has 0 bridgehead atoms. The van der Waals surface area contributed by atoms with E-state index in [1.165, 1.54) is 17.7 Å². The summed E-state index contributed by atoms with van der Waals surface area (Å²) in [5, 5.41) is 0. The van der Waals surface area contributed by atoms with Crippen molar-refractivity contribution in [3.63, 3.8) is 0 Å². The number of nitrogens with zero attached hydrogens (tertiary/aromatic N) is 1. The molecule has 5 heteroatoms. The summed E-state index contributed by atoms with van der Waals surface area (Å²) in [6.07, 6.45) is 1.03. The first-order chi connectivity index (χ1) is 12.7. The number of hydrogen-bond acceptors (Lipinski definition) is 3. The minimum Gasteiger partial charge on any atom is -0.493 e. The number of benzene rings is 2. The first-order valence-electron chi connectivity index (χ1n) is 9.08. The molecule has 0 saturated carbocycles. The van der Waals surface area contributed by atoms with Crippen molar-refractivity contribution in [2.24, 2.45) is 11.7 Å². The molecule has 138 valence electrons. The predicted molar refractivity (Wildman–Crippen MR) is 99.4 cm³/mol. The maximum Gasteiger partial charge on any atom is 0.222 e. The summed E-state index contributed by atoms with van der Waals surface area (Å²) >= 11 is 0. The summed E-state index contributed by atoms with van der Waals surface area (Å²) in [6.45, 7) is 2.40. The van der Waals surface area contributed by atoms with Crippen molar-refractivity contribution >= 4 is 5.91 Å². The molecule has 2 aromatic rings. The lowest BCUT2D eigenvalue weighted by molar-refractivity contribution is -0.130. The average Bonchev–Trinajstić information content (AvgIpc) is 3.10. The smallest absolute Gasteiger partial charge is 0.222 e. The third-order valence-electron chi connectivity index (χ3n) is 4.92. The highest BCUT2D eigenvalue weighted by atomic mass is 19.1. The number of amides is 1. The number of carbonyl (C=O) groups excluding carboxylic acids is 1. The standard InChI is InChI=1S/C21H25FN2O2/c22-18-8-4-9-19(12-18)26-11-5-10-21(25)24-14-17(13-23)20(15-24)16-6-2-1-3-7-16/h1-4,6-9,12,17,20H,5,10-11,13-15,23H2/t17-,20+/m1/s1. The van der Waals surface area contributed by atoms with Crippen LogP contribution in [0.15, 0.2) is 54.6 Å². The maximum atomic E-state index is 13.1. The van der Waals surface area contributed by atoms with Gasteiger partial charge in [0.25, 0.3) is 0 Å². The molecule has 1 aliphatic heterocycles. The van der Waals surface area contributed by atoms with Crippen LogP contribution in [0.3, 0.4) is 0 Å². The number of hydrogen-bond donors (Lipinski definition) is 1. The van der Waals surface area contributed by atoms with Crippen molar-refractivity contribution in [2.75, 3.05) is 26.2 Å². The van der Waals surface area contributed by atoms with E-state index in [2.05, 4.69) is 12.1 Å². The van der Waals surface area contributed by atoms with Crippen LogP contribution in [0.2, 0.25) is 0 Å². The van der Waals surface area contributed by atoms with Crippen LogP contribution in [0, 0.1) is 11.7 Å². The van der Waals surface area contributed by atoms with Crippen LogP contribution in [-0.4, -0.2) is 37.0 Å². The minimum atomic E-state index is -0.324. The molecule has 0 radical (unpaired) electrons. The number of carbonyl (C=O) groups is 1. The van der Waals surface area contributed by atoms with Crippen molar-refractivity contribution in [1.82, 2.24) is 4.90 Å². The topological polar surface area (TPSA) is 55.6 Å². The Kier molecular flexibility index (Phi) is 6.23. The van der Waals surface area contributed by atoms with Crippen molar-refractivity contribution in [3.05, 3.63) is 66.0 Å². The largest absolute Gasteiger partial charge is 0.493 e. The molecule has 0 spiro atoms. The number of halogens is 1. The second kappa shape index (κ2) is 8.81. The van der Waals surface area contributed by atoms with Gasteiger partial charge in [-0.15, -0.1) is 0 Å². The van der Waals surface area contributed by atoms with Crippen LogP contribution in [-0.2, 0) is 4.79 Å². The molecule has 0 aromatic heterocycles. The number of nitrogens with two attached hydrogens (primary N) is 1. The molecule has 2 aromatic carbocycles. The van der Waals surface area contributed by atoms with Gasteiger partial charge in [0, 0.05) is 31.5 Å². The quantitative estimate of drug-likeness (QED) is 0.775. The molecule has 1 amide bonds. The zero-order valence-electron chi connectivity index (χ0n) is 14.8. The Labute approximate surface area is 153 Å². The van der Waals surface area contributed by atoms with Crippen LogP contribution in [0.4, 0.5) is 4.39 Å². The normalized spacial score (nSPS) is 19.5. The van der Waals surface area contributed by atoms with E-state index >= 15 is 0 Å². The molecule has 1 heterocycles. The zero-order chi connectivity index (χ0) is 18.4. The molecule has 4 nitrogen and oxygen atoms in total. The van der Waals surface area contributed by atoms with Gasteiger partial charge in [-0.25, -0.2) is 4.39 Å². The van der Waals surface area contributed by atoms with Gasteiger partial charge in [0.15, 0.2) is 0 Å². The second-order valence-electron chi connectivity index (χ2n) is 6.72. The molecule has 1 aliphatic rings. The Morgan fingerprint density at radius 2 is 1.96 bits per heavy atom. The Hall–Kier alpha value is -2.40. The van der Waals surface area contributed by atoms with Gasteiger partial charge in [-0.1, -0.05) is 36.4 Å².